The highest BCUT2D eigenvalue weighted by Gasteiger charge is 2.25. The molecular weight excluding hydrogens is 340 g/mol. The van der Waals surface area contributed by atoms with Gasteiger partial charge in [-0.25, -0.2) is 18.4 Å². The first-order chi connectivity index (χ1) is 12.0. The van der Waals surface area contributed by atoms with Crippen molar-refractivity contribution in [2.24, 2.45) is 5.92 Å². The van der Waals surface area contributed by atoms with Crippen molar-refractivity contribution in [1.29, 1.82) is 0 Å². The molecule has 1 saturated heterocycles. The zero-order valence-corrected chi connectivity index (χ0v) is 15.7. The standard InChI is InChI=1S/C17H28N4O3S/c1-25(22,23)20-16-17(19-10-9-18-16)24-15-7-11-21(12-8-15)13-14-5-3-2-4-6-14/h9-10,14-15H,2-8,11-13H2,1H3,(H,18,20). The van der Waals surface area contributed by atoms with Gasteiger partial charge in [-0.15, -0.1) is 0 Å². The third-order valence-corrected chi connectivity index (χ3v) is 5.56. The van der Waals surface area contributed by atoms with Crippen LogP contribution in [0.5, 0.6) is 5.88 Å². The lowest BCUT2D eigenvalue weighted by atomic mass is 9.88. The molecule has 8 heteroatoms. The van der Waals surface area contributed by atoms with E-state index in [1.54, 1.807) is 0 Å². The van der Waals surface area contributed by atoms with Gasteiger partial charge in [0.2, 0.25) is 15.8 Å². The van der Waals surface area contributed by atoms with Crippen LogP contribution in [0.25, 0.3) is 0 Å². The number of nitrogens with one attached hydrogen (secondary N) is 1. The fraction of sp³-hybridized carbons (Fsp3) is 0.765. The molecule has 140 valence electrons. The number of likely N-dealkylation sites (tertiary alicyclic amines) is 1. The van der Waals surface area contributed by atoms with Crippen molar-refractivity contribution in [1.82, 2.24) is 14.9 Å². The molecule has 0 atom stereocenters. The molecule has 1 N–H and O–H groups in total. The average Bonchev–Trinajstić information content (AvgIpc) is 2.58. The van der Waals surface area contributed by atoms with Gasteiger partial charge in [0, 0.05) is 32.0 Å². The van der Waals surface area contributed by atoms with Gasteiger partial charge in [-0.05, 0) is 31.6 Å². The number of nitrogens with zero attached hydrogens (tertiary/aromatic N) is 3. The summed E-state index contributed by atoms with van der Waals surface area (Å²) in [5, 5.41) is 0. The molecule has 3 rings (SSSR count). The number of hydrogen-bond donors (Lipinski definition) is 1. The summed E-state index contributed by atoms with van der Waals surface area (Å²) < 4.78 is 31.2. The van der Waals surface area contributed by atoms with Gasteiger partial charge in [0.1, 0.15) is 6.10 Å². The summed E-state index contributed by atoms with van der Waals surface area (Å²) in [6.45, 7) is 3.26. The quantitative estimate of drug-likeness (QED) is 0.829. The van der Waals surface area contributed by atoms with Crippen molar-refractivity contribution in [3.8, 4) is 5.88 Å². The molecule has 0 spiro atoms. The lowest BCUT2D eigenvalue weighted by Gasteiger charge is -2.35. The Morgan fingerprint density at radius 2 is 1.80 bits per heavy atom. The maximum absolute atomic E-state index is 11.4. The van der Waals surface area contributed by atoms with E-state index in [4.69, 9.17) is 4.74 Å². The molecule has 1 aromatic heterocycles. The van der Waals surface area contributed by atoms with Gasteiger partial charge in [-0.1, -0.05) is 19.3 Å². The number of hydrogen-bond acceptors (Lipinski definition) is 6. The molecule has 25 heavy (non-hydrogen) atoms. The van der Waals surface area contributed by atoms with Crippen LogP contribution in [-0.2, 0) is 10.0 Å². The van der Waals surface area contributed by atoms with Crippen LogP contribution in [0.15, 0.2) is 12.4 Å². The normalized spacial score (nSPS) is 21.2. The molecule has 0 unspecified atom stereocenters. The van der Waals surface area contributed by atoms with Gasteiger partial charge < -0.3 is 9.64 Å². The van der Waals surface area contributed by atoms with Crippen LogP contribution in [0.3, 0.4) is 0 Å². The Bertz CT molecular complexity index is 654. The topological polar surface area (TPSA) is 84.4 Å². The molecule has 1 saturated carbocycles. The van der Waals surface area contributed by atoms with Crippen LogP contribution < -0.4 is 9.46 Å². The Morgan fingerprint density at radius 1 is 1.12 bits per heavy atom. The van der Waals surface area contributed by atoms with Crippen molar-refractivity contribution in [2.45, 2.75) is 51.0 Å². The number of sulfonamides is 1. The third kappa shape index (κ3) is 5.81. The number of rotatable bonds is 6. The van der Waals surface area contributed by atoms with E-state index >= 15 is 0 Å². The third-order valence-electron chi connectivity index (χ3n) is 5.00. The lowest BCUT2D eigenvalue weighted by Crippen LogP contribution is -2.41. The second-order valence-electron chi connectivity index (χ2n) is 7.21. The van der Waals surface area contributed by atoms with Crippen molar-refractivity contribution >= 4 is 15.8 Å². The molecule has 0 bridgehead atoms. The molecule has 1 aromatic rings. The predicted molar refractivity (Wildman–Crippen MR) is 97.2 cm³/mol. The zero-order chi connectivity index (χ0) is 17.7. The SMILES string of the molecule is CS(=O)(=O)Nc1nccnc1OC1CCN(CC2CCCCC2)CC1. The fourth-order valence-corrected chi connectivity index (χ4v) is 4.25. The molecule has 2 heterocycles. The minimum Gasteiger partial charge on any atom is -0.472 e. The van der Waals surface area contributed by atoms with E-state index in [2.05, 4.69) is 19.6 Å². The van der Waals surface area contributed by atoms with E-state index in [9.17, 15) is 8.42 Å². The summed E-state index contributed by atoms with van der Waals surface area (Å²) in [4.78, 5) is 10.7. The summed E-state index contributed by atoms with van der Waals surface area (Å²) >= 11 is 0. The number of anilines is 1. The first-order valence-electron chi connectivity index (χ1n) is 9.17. The summed E-state index contributed by atoms with van der Waals surface area (Å²) in [5.41, 5.74) is 0. The number of aromatic nitrogens is 2. The van der Waals surface area contributed by atoms with Crippen molar-refractivity contribution in [2.75, 3.05) is 30.6 Å². The van der Waals surface area contributed by atoms with Gasteiger partial charge in [0.05, 0.1) is 6.26 Å². The van der Waals surface area contributed by atoms with Crippen LogP contribution in [0.1, 0.15) is 44.9 Å². The van der Waals surface area contributed by atoms with E-state index in [0.29, 0.717) is 0 Å². The number of ether oxygens (including phenoxy) is 1. The molecule has 0 aromatic carbocycles. The van der Waals surface area contributed by atoms with Gasteiger partial charge >= 0.3 is 0 Å². The Balaban J connectivity index is 1.50. The predicted octanol–water partition coefficient (Wildman–Crippen LogP) is 2.27. The van der Waals surface area contributed by atoms with Gasteiger partial charge in [0.15, 0.2) is 0 Å². The monoisotopic (exact) mass is 368 g/mol. The Kier molecular flexibility index (Phi) is 6.11. The Hall–Kier alpha value is -1.41. The van der Waals surface area contributed by atoms with Crippen LogP contribution in [-0.4, -0.2) is 55.3 Å². The Morgan fingerprint density at radius 3 is 2.48 bits per heavy atom. The van der Waals surface area contributed by atoms with Crippen LogP contribution in [0.4, 0.5) is 5.82 Å². The smallest absolute Gasteiger partial charge is 0.258 e. The lowest BCUT2D eigenvalue weighted by molar-refractivity contribution is 0.0837. The maximum Gasteiger partial charge on any atom is 0.258 e. The summed E-state index contributed by atoms with van der Waals surface area (Å²) in [5.74, 6) is 1.28. The minimum absolute atomic E-state index is 0.0550. The first-order valence-corrected chi connectivity index (χ1v) is 11.1. The molecule has 2 aliphatic rings. The van der Waals surface area contributed by atoms with Gasteiger partial charge in [0.25, 0.3) is 5.88 Å². The van der Waals surface area contributed by atoms with Crippen molar-refractivity contribution in [3.05, 3.63) is 12.4 Å². The van der Waals surface area contributed by atoms with Gasteiger partial charge in [-0.3, -0.25) is 4.72 Å². The van der Waals surface area contributed by atoms with Gasteiger partial charge in [-0.2, -0.15) is 0 Å². The van der Waals surface area contributed by atoms with Crippen LogP contribution >= 0.6 is 0 Å². The van der Waals surface area contributed by atoms with E-state index in [1.807, 2.05) is 0 Å². The van der Waals surface area contributed by atoms with Crippen molar-refractivity contribution < 1.29 is 13.2 Å². The molecule has 0 radical (unpaired) electrons. The second-order valence-corrected chi connectivity index (χ2v) is 8.95. The average molecular weight is 369 g/mol. The molecule has 0 amide bonds. The second kappa shape index (κ2) is 8.31. The first kappa shape index (κ1) is 18.4. The number of piperidine rings is 1. The zero-order valence-electron chi connectivity index (χ0n) is 14.9. The largest absolute Gasteiger partial charge is 0.472 e. The van der Waals surface area contributed by atoms with Crippen LogP contribution in [0.2, 0.25) is 0 Å². The maximum atomic E-state index is 11.4. The highest BCUT2D eigenvalue weighted by atomic mass is 32.2. The molecule has 1 aliphatic heterocycles. The van der Waals surface area contributed by atoms with E-state index in [1.165, 1.54) is 51.0 Å². The van der Waals surface area contributed by atoms with Crippen LogP contribution in [0, 0.1) is 5.92 Å². The molecule has 7 nitrogen and oxygen atoms in total. The summed E-state index contributed by atoms with van der Waals surface area (Å²) in [7, 11) is -3.41. The van der Waals surface area contributed by atoms with Crippen molar-refractivity contribution in [3.63, 3.8) is 0 Å². The fourth-order valence-electron chi connectivity index (χ4n) is 3.76. The van der Waals surface area contributed by atoms with E-state index in [-0.39, 0.29) is 17.8 Å². The molecular formula is C17H28N4O3S. The highest BCUT2D eigenvalue weighted by molar-refractivity contribution is 7.92. The summed E-state index contributed by atoms with van der Waals surface area (Å²) in [6.07, 6.45) is 12.9. The van der Waals surface area contributed by atoms with E-state index in [0.717, 1.165) is 38.1 Å². The van der Waals surface area contributed by atoms with E-state index < -0.39 is 10.0 Å². The Labute approximate surface area is 150 Å². The highest BCUT2D eigenvalue weighted by Crippen LogP contribution is 2.27. The molecule has 1 aliphatic carbocycles. The minimum atomic E-state index is -3.41. The summed E-state index contributed by atoms with van der Waals surface area (Å²) in [6, 6.07) is 0. The molecule has 2 fully saturated rings.